The standard InChI is InChI=1S/C28H24FNO3/c29-27-12-6-5-7-21(27)18-13-19-15-32-16-20(14-18)30(19)28(31)33-17-26-24-10-3-1-8-22(24)23-9-2-4-11-25(23)26/h1-13,19-20,26H,14-17H2. The summed E-state index contributed by atoms with van der Waals surface area (Å²) >= 11 is 0. The number of morpholine rings is 1. The summed E-state index contributed by atoms with van der Waals surface area (Å²) in [6.45, 7) is 1.10. The maximum absolute atomic E-state index is 14.4. The number of fused-ring (bicyclic) bond motifs is 5. The minimum absolute atomic E-state index is 0.0201. The second-order valence-electron chi connectivity index (χ2n) is 8.85. The van der Waals surface area contributed by atoms with Crippen molar-refractivity contribution in [2.24, 2.45) is 0 Å². The SMILES string of the molecule is O=C(OCC1c2ccccc2-c2ccccc21)N1C2C=C(c3ccccc3F)CC1COC2. The third kappa shape index (κ3) is 3.44. The molecule has 0 N–H and O–H groups in total. The maximum atomic E-state index is 14.4. The van der Waals surface area contributed by atoms with Gasteiger partial charge in [0.15, 0.2) is 0 Å². The van der Waals surface area contributed by atoms with Crippen LogP contribution in [0, 0.1) is 5.82 Å². The summed E-state index contributed by atoms with van der Waals surface area (Å²) < 4.78 is 26.0. The van der Waals surface area contributed by atoms with Crippen LogP contribution < -0.4 is 0 Å². The average Bonchev–Trinajstić information content (AvgIpc) is 3.16. The molecule has 0 spiro atoms. The minimum atomic E-state index is -0.334. The van der Waals surface area contributed by atoms with E-state index in [0.717, 1.165) is 5.57 Å². The van der Waals surface area contributed by atoms with Gasteiger partial charge in [-0.05, 0) is 40.3 Å². The molecule has 2 atom stereocenters. The highest BCUT2D eigenvalue weighted by Gasteiger charge is 2.40. The zero-order chi connectivity index (χ0) is 22.4. The number of amides is 1. The van der Waals surface area contributed by atoms with E-state index in [1.54, 1.807) is 17.0 Å². The zero-order valence-corrected chi connectivity index (χ0v) is 18.1. The summed E-state index contributed by atoms with van der Waals surface area (Å²) in [4.78, 5) is 15.0. The molecule has 4 nitrogen and oxygen atoms in total. The van der Waals surface area contributed by atoms with Gasteiger partial charge < -0.3 is 9.47 Å². The van der Waals surface area contributed by atoms with Crippen LogP contribution in [-0.2, 0) is 9.47 Å². The molecule has 3 aromatic carbocycles. The first-order valence-corrected chi connectivity index (χ1v) is 11.4. The molecule has 2 unspecified atom stereocenters. The third-order valence-electron chi connectivity index (χ3n) is 6.97. The Bertz CT molecular complexity index is 1210. The van der Waals surface area contributed by atoms with Crippen molar-refractivity contribution in [3.63, 3.8) is 0 Å². The topological polar surface area (TPSA) is 38.8 Å². The third-order valence-corrected chi connectivity index (χ3v) is 6.97. The van der Waals surface area contributed by atoms with Crippen LogP contribution >= 0.6 is 0 Å². The van der Waals surface area contributed by atoms with E-state index in [-0.39, 0.29) is 36.5 Å². The largest absolute Gasteiger partial charge is 0.448 e. The molecule has 2 bridgehead atoms. The first-order valence-electron chi connectivity index (χ1n) is 11.4. The highest BCUT2D eigenvalue weighted by Crippen LogP contribution is 2.44. The van der Waals surface area contributed by atoms with Gasteiger partial charge in [-0.25, -0.2) is 9.18 Å². The number of hydrogen-bond acceptors (Lipinski definition) is 3. The lowest BCUT2D eigenvalue weighted by Gasteiger charge is -2.44. The van der Waals surface area contributed by atoms with Crippen molar-refractivity contribution >= 4 is 11.7 Å². The number of nitrogens with zero attached hydrogens (tertiary/aromatic N) is 1. The number of rotatable bonds is 3. The quantitative estimate of drug-likeness (QED) is 0.529. The monoisotopic (exact) mass is 441 g/mol. The summed E-state index contributed by atoms with van der Waals surface area (Å²) in [6, 6.07) is 23.0. The number of benzene rings is 3. The van der Waals surface area contributed by atoms with Gasteiger partial charge >= 0.3 is 6.09 Å². The van der Waals surface area contributed by atoms with E-state index in [9.17, 15) is 9.18 Å². The Morgan fingerprint density at radius 2 is 1.55 bits per heavy atom. The number of carbonyl (C=O) groups is 1. The van der Waals surface area contributed by atoms with Crippen LogP contribution in [0.25, 0.3) is 16.7 Å². The van der Waals surface area contributed by atoms with Crippen molar-refractivity contribution < 1.29 is 18.7 Å². The van der Waals surface area contributed by atoms with E-state index < -0.39 is 0 Å². The molecular weight excluding hydrogens is 417 g/mol. The van der Waals surface area contributed by atoms with Crippen molar-refractivity contribution in [2.45, 2.75) is 24.4 Å². The van der Waals surface area contributed by atoms with Gasteiger partial charge in [-0.3, -0.25) is 4.90 Å². The average molecular weight is 442 g/mol. The predicted molar refractivity (Wildman–Crippen MR) is 124 cm³/mol. The van der Waals surface area contributed by atoms with Gasteiger partial charge in [-0.1, -0.05) is 72.8 Å². The van der Waals surface area contributed by atoms with Crippen LogP contribution in [0.4, 0.5) is 9.18 Å². The molecule has 1 amide bonds. The highest BCUT2D eigenvalue weighted by molar-refractivity contribution is 5.79. The van der Waals surface area contributed by atoms with Gasteiger partial charge in [0, 0.05) is 11.5 Å². The van der Waals surface area contributed by atoms with E-state index in [4.69, 9.17) is 9.47 Å². The zero-order valence-electron chi connectivity index (χ0n) is 18.1. The highest BCUT2D eigenvalue weighted by atomic mass is 19.1. The molecule has 1 fully saturated rings. The Balaban J connectivity index is 1.23. The fraction of sp³-hybridized carbons (Fsp3) is 0.250. The molecule has 2 aliphatic heterocycles. The Hall–Kier alpha value is -3.44. The van der Waals surface area contributed by atoms with Crippen LogP contribution in [0.15, 0.2) is 78.9 Å². The molecular formula is C28H24FNO3. The molecule has 0 radical (unpaired) electrons. The first kappa shape index (κ1) is 20.2. The van der Waals surface area contributed by atoms with Crippen molar-refractivity contribution in [2.75, 3.05) is 19.8 Å². The first-order chi connectivity index (χ1) is 16.2. The molecule has 3 aromatic rings. The molecule has 5 heteroatoms. The van der Waals surface area contributed by atoms with Crippen LogP contribution in [-0.4, -0.2) is 42.9 Å². The van der Waals surface area contributed by atoms with E-state index in [1.165, 1.54) is 28.3 Å². The van der Waals surface area contributed by atoms with Crippen molar-refractivity contribution in [3.05, 3.63) is 101 Å². The number of halogens is 1. The van der Waals surface area contributed by atoms with Crippen LogP contribution in [0.1, 0.15) is 29.0 Å². The minimum Gasteiger partial charge on any atom is -0.448 e. The van der Waals surface area contributed by atoms with Crippen molar-refractivity contribution in [1.29, 1.82) is 0 Å². The Morgan fingerprint density at radius 3 is 2.21 bits per heavy atom. The summed E-state index contributed by atoms with van der Waals surface area (Å²) in [6.07, 6.45) is 2.16. The number of carbonyl (C=O) groups excluding carboxylic acids is 1. The van der Waals surface area contributed by atoms with E-state index >= 15 is 0 Å². The van der Waals surface area contributed by atoms with Crippen LogP contribution in [0.2, 0.25) is 0 Å². The Labute approximate surface area is 192 Å². The molecule has 6 rings (SSSR count). The van der Waals surface area contributed by atoms with Gasteiger partial charge in [-0.2, -0.15) is 0 Å². The molecule has 1 saturated heterocycles. The van der Waals surface area contributed by atoms with Gasteiger partial charge in [0.25, 0.3) is 0 Å². The van der Waals surface area contributed by atoms with Gasteiger partial charge in [0.2, 0.25) is 0 Å². The Kier molecular flexibility index (Phi) is 4.99. The van der Waals surface area contributed by atoms with Crippen molar-refractivity contribution in [3.8, 4) is 11.1 Å². The molecule has 0 aromatic heterocycles. The predicted octanol–water partition coefficient (Wildman–Crippen LogP) is 5.63. The molecule has 2 heterocycles. The number of ether oxygens (including phenoxy) is 2. The summed E-state index contributed by atoms with van der Waals surface area (Å²) in [5.41, 5.74) is 6.31. The van der Waals surface area contributed by atoms with Crippen LogP contribution in [0.5, 0.6) is 0 Å². The molecule has 33 heavy (non-hydrogen) atoms. The molecule has 1 aliphatic carbocycles. The van der Waals surface area contributed by atoms with Crippen molar-refractivity contribution in [1.82, 2.24) is 4.90 Å². The second-order valence-corrected chi connectivity index (χ2v) is 8.85. The normalized spacial score (nSPS) is 21.2. The maximum Gasteiger partial charge on any atom is 0.410 e. The Morgan fingerprint density at radius 1 is 0.909 bits per heavy atom. The number of hydrogen-bond donors (Lipinski definition) is 0. The summed E-state index contributed by atoms with van der Waals surface area (Å²) in [5, 5.41) is 0. The molecule has 3 aliphatic rings. The molecule has 0 saturated carbocycles. The van der Waals surface area contributed by atoms with Gasteiger partial charge in [0.05, 0.1) is 25.3 Å². The fourth-order valence-electron chi connectivity index (χ4n) is 5.47. The van der Waals surface area contributed by atoms with Gasteiger partial charge in [-0.15, -0.1) is 0 Å². The lowest BCUT2D eigenvalue weighted by Crippen LogP contribution is -2.56. The summed E-state index contributed by atoms with van der Waals surface area (Å²) in [5.74, 6) is -0.218. The smallest absolute Gasteiger partial charge is 0.410 e. The van der Waals surface area contributed by atoms with E-state index in [2.05, 4.69) is 24.3 Å². The molecule has 166 valence electrons. The van der Waals surface area contributed by atoms with E-state index in [0.29, 0.717) is 25.2 Å². The lowest BCUT2D eigenvalue weighted by atomic mass is 9.90. The fourth-order valence-corrected chi connectivity index (χ4v) is 5.47. The summed E-state index contributed by atoms with van der Waals surface area (Å²) in [7, 11) is 0. The van der Waals surface area contributed by atoms with Gasteiger partial charge in [0.1, 0.15) is 12.4 Å². The van der Waals surface area contributed by atoms with Crippen LogP contribution in [0.3, 0.4) is 0 Å². The lowest BCUT2D eigenvalue weighted by molar-refractivity contribution is -0.0331. The second kappa shape index (κ2) is 8.16. The van der Waals surface area contributed by atoms with E-state index in [1.807, 2.05) is 36.4 Å².